The number of halogens is 3. The van der Waals surface area contributed by atoms with Crippen LogP contribution in [0.15, 0.2) is 0 Å². The molecular weight excluding hydrogens is 313 g/mol. The Bertz CT molecular complexity index is 488. The Morgan fingerprint density at radius 1 is 1.42 bits per heavy atom. The van der Waals surface area contributed by atoms with E-state index in [-0.39, 0.29) is 15.5 Å². The first-order valence-electron chi connectivity index (χ1n) is 4.37. The molecule has 0 bridgehead atoms. The van der Waals surface area contributed by atoms with Crippen molar-refractivity contribution >= 4 is 31.6 Å². The van der Waals surface area contributed by atoms with Crippen LogP contribution in [-0.2, 0) is 19.6 Å². The molecule has 0 aromatic carbocycles. The first-order valence-corrected chi connectivity index (χ1v) is 7.82. The highest BCUT2D eigenvalue weighted by Crippen LogP contribution is 2.20. The number of nitrogens with zero attached hydrogens (tertiary/aromatic N) is 2. The zero-order valence-electron chi connectivity index (χ0n) is 10.1. The van der Waals surface area contributed by atoms with Gasteiger partial charge >= 0.3 is 16.5 Å². The molecule has 0 unspecified atom stereocenters. The molecule has 0 radical (unpaired) electrons. The fraction of sp³-hybridized carbons (Fsp3) is 0.714. The number of alkyl halides is 3. The molecule has 0 aromatic rings. The van der Waals surface area contributed by atoms with E-state index >= 15 is 0 Å². The number of esters is 1. The van der Waals surface area contributed by atoms with E-state index < -0.39 is 21.6 Å². The molecule has 0 amide bonds. The van der Waals surface area contributed by atoms with Gasteiger partial charge in [0.1, 0.15) is 0 Å². The van der Waals surface area contributed by atoms with Gasteiger partial charge in [-0.05, 0) is 19.4 Å². The van der Waals surface area contributed by atoms with Crippen LogP contribution >= 0.6 is 10.5 Å². The van der Waals surface area contributed by atoms with Gasteiger partial charge in [-0.1, -0.05) is 10.5 Å². The van der Waals surface area contributed by atoms with Crippen LogP contribution < -0.4 is 0 Å². The van der Waals surface area contributed by atoms with E-state index in [9.17, 15) is 18.0 Å². The van der Waals surface area contributed by atoms with Crippen LogP contribution in [0.2, 0.25) is 0 Å². The number of hydrogen-bond donors (Lipinski definition) is 0. The summed E-state index contributed by atoms with van der Waals surface area (Å²) in [6, 6.07) is 0. The maximum Gasteiger partial charge on any atom is 0.493 e. The summed E-state index contributed by atoms with van der Waals surface area (Å²) in [5.41, 5.74) is -5.65. The smallest absolute Gasteiger partial charge is 0.493 e. The molecule has 12 heteroatoms. The van der Waals surface area contributed by atoms with Crippen molar-refractivity contribution in [1.29, 1.82) is 5.39 Å². The first kappa shape index (κ1) is 20.1. The number of hydrogen-bond acceptors (Lipinski definition) is 6. The van der Waals surface area contributed by atoms with Gasteiger partial charge in [-0.15, -0.1) is 0 Å². The quantitative estimate of drug-likeness (QED) is 0.235. The molecule has 0 aliphatic rings. The van der Waals surface area contributed by atoms with Gasteiger partial charge in [-0.2, -0.15) is 13.2 Å². The summed E-state index contributed by atoms with van der Waals surface area (Å²) in [5, 5.41) is 8.39. The second-order valence-corrected chi connectivity index (χ2v) is 6.23. The van der Waals surface area contributed by atoms with E-state index in [1.165, 1.54) is 0 Å². The average molecular weight is 324 g/mol. The molecule has 0 aromatic heterocycles. The second-order valence-electron chi connectivity index (χ2n) is 2.84. The molecular formula is C7H11F3N2O5S2. The molecule has 0 heterocycles. The molecule has 0 aliphatic heterocycles. The molecule has 19 heavy (non-hydrogen) atoms. The third kappa shape index (κ3) is 8.51. The van der Waals surface area contributed by atoms with E-state index in [0.717, 1.165) is 0 Å². The summed E-state index contributed by atoms with van der Waals surface area (Å²) in [7, 11) is -6.45. The maximum atomic E-state index is 10.9. The highest BCUT2D eigenvalue weighted by Gasteiger charge is 2.36. The molecule has 0 N–H and O–H groups in total. The summed E-state index contributed by atoms with van der Waals surface area (Å²) < 4.78 is 63.5. The van der Waals surface area contributed by atoms with Gasteiger partial charge < -0.3 is 9.29 Å². The number of rotatable bonds is 1. The monoisotopic (exact) mass is 324 g/mol. The van der Waals surface area contributed by atoms with Crippen molar-refractivity contribution in [1.82, 2.24) is 0 Å². The Hall–Kier alpha value is -1.19. The maximum absolute atomic E-state index is 10.9. The van der Waals surface area contributed by atoms with Crippen LogP contribution in [0.1, 0.15) is 6.92 Å². The largest absolute Gasteiger partial charge is 0.741 e. The molecule has 0 spiro atoms. The zero-order valence-corrected chi connectivity index (χ0v) is 11.7. The SMILES string of the molecule is CCOC(=O)C([N+]#N)=S(C)C.O=S(=O)([O-])C(F)(F)F. The van der Waals surface area contributed by atoms with Crippen molar-refractivity contribution in [2.45, 2.75) is 12.4 Å². The zero-order chi connectivity index (χ0) is 15.9. The summed E-state index contributed by atoms with van der Waals surface area (Å²) in [6.07, 6.45) is 3.57. The lowest BCUT2D eigenvalue weighted by atomic mass is 10.7. The molecule has 0 saturated carbocycles. The molecule has 0 rings (SSSR count). The fourth-order valence-electron chi connectivity index (χ4n) is 0.482. The Kier molecular flexibility index (Phi) is 8.56. The normalized spacial score (nSPS) is 11.1. The molecule has 112 valence electrons. The first-order chi connectivity index (χ1) is 8.38. The van der Waals surface area contributed by atoms with Gasteiger partial charge in [0.2, 0.25) is 5.39 Å². The topological polar surface area (TPSA) is 112 Å². The predicted molar refractivity (Wildman–Crippen MR) is 61.9 cm³/mol. The lowest BCUT2D eigenvalue weighted by Gasteiger charge is -2.08. The lowest BCUT2D eigenvalue weighted by Crippen LogP contribution is -2.21. The molecule has 0 saturated heterocycles. The number of carbonyl (C=O) groups is 1. The van der Waals surface area contributed by atoms with Crippen LogP contribution in [0.25, 0.3) is 4.98 Å². The van der Waals surface area contributed by atoms with Crippen molar-refractivity contribution in [3.63, 3.8) is 0 Å². The van der Waals surface area contributed by atoms with Crippen LogP contribution in [0, 0.1) is 5.39 Å². The minimum atomic E-state index is -6.09. The van der Waals surface area contributed by atoms with E-state index in [1.54, 1.807) is 19.4 Å². The van der Waals surface area contributed by atoms with Crippen molar-refractivity contribution in [2.24, 2.45) is 0 Å². The van der Waals surface area contributed by atoms with Gasteiger partial charge in [-0.3, -0.25) is 0 Å². The van der Waals surface area contributed by atoms with Gasteiger partial charge in [0, 0.05) is 0 Å². The van der Waals surface area contributed by atoms with E-state index in [4.69, 9.17) is 18.4 Å². The molecule has 0 atom stereocenters. The summed E-state index contributed by atoms with van der Waals surface area (Å²) in [6.45, 7) is 2.01. The third-order valence-corrected chi connectivity index (χ3v) is 2.80. The van der Waals surface area contributed by atoms with E-state index in [2.05, 4.69) is 9.71 Å². The fourth-order valence-corrected chi connectivity index (χ4v) is 1.04. The number of carbonyl (C=O) groups excluding carboxylic acids is 1. The van der Waals surface area contributed by atoms with Crippen molar-refractivity contribution in [3.05, 3.63) is 4.98 Å². The standard InChI is InChI=1S/C6H11N2O2S.CHF3O3S/c1-4-10-6(9)5(8-7)11(2)3;2-1(3,4)8(5,6)7/h4H2,1-3H3;(H,5,6,7)/q+1;/p-1. The van der Waals surface area contributed by atoms with Gasteiger partial charge in [0.25, 0.3) is 0 Å². The van der Waals surface area contributed by atoms with Crippen molar-refractivity contribution in [2.75, 3.05) is 19.1 Å². The second kappa shape index (κ2) is 8.08. The lowest BCUT2D eigenvalue weighted by molar-refractivity contribution is -0.134. The minimum absolute atomic E-state index is 0.0897. The Morgan fingerprint density at radius 2 is 1.79 bits per heavy atom. The highest BCUT2D eigenvalue weighted by atomic mass is 32.2. The predicted octanol–water partition coefficient (Wildman–Crippen LogP) is 1.11. The van der Waals surface area contributed by atoms with Crippen LogP contribution in [-0.4, -0.2) is 48.6 Å². The Morgan fingerprint density at radius 3 is 1.95 bits per heavy atom. The van der Waals surface area contributed by atoms with Crippen LogP contribution in [0.5, 0.6) is 0 Å². The average Bonchev–Trinajstić information content (AvgIpc) is 2.15. The summed E-state index contributed by atoms with van der Waals surface area (Å²) in [5.74, 6) is -0.539. The van der Waals surface area contributed by atoms with Gasteiger partial charge in [0.15, 0.2) is 15.1 Å². The number of ether oxygens (including phenoxy) is 1. The van der Waals surface area contributed by atoms with Crippen molar-refractivity contribution in [3.8, 4) is 0 Å². The number of diazo groups is 1. The summed E-state index contributed by atoms with van der Waals surface area (Å²) >= 11 is 0. The van der Waals surface area contributed by atoms with E-state index in [0.29, 0.717) is 6.61 Å². The highest BCUT2D eigenvalue weighted by molar-refractivity contribution is 8.15. The van der Waals surface area contributed by atoms with E-state index in [1.807, 2.05) is 0 Å². The Labute approximate surface area is 110 Å². The Balaban J connectivity index is 0. The van der Waals surface area contributed by atoms with Gasteiger partial charge in [0.05, 0.1) is 6.61 Å². The van der Waals surface area contributed by atoms with Crippen molar-refractivity contribution < 1.29 is 35.7 Å². The van der Waals surface area contributed by atoms with Gasteiger partial charge in [-0.25, -0.2) is 13.2 Å². The van der Waals surface area contributed by atoms with Crippen LogP contribution in [0.4, 0.5) is 13.2 Å². The van der Waals surface area contributed by atoms with Crippen LogP contribution in [0.3, 0.4) is 0 Å². The molecule has 7 nitrogen and oxygen atoms in total. The minimum Gasteiger partial charge on any atom is -0.741 e. The molecule has 0 fully saturated rings. The third-order valence-electron chi connectivity index (χ3n) is 1.21. The summed E-state index contributed by atoms with van der Waals surface area (Å²) in [4.78, 5) is 13.9. The molecule has 0 aliphatic carbocycles.